The summed E-state index contributed by atoms with van der Waals surface area (Å²) in [6, 6.07) is 9.16. The molecule has 1 atom stereocenters. The summed E-state index contributed by atoms with van der Waals surface area (Å²) in [4.78, 5) is 27.6. The maximum absolute atomic E-state index is 13.0. The zero-order chi connectivity index (χ0) is 21.5. The highest BCUT2D eigenvalue weighted by atomic mass is 32.2. The van der Waals surface area contributed by atoms with Gasteiger partial charge in [-0.2, -0.15) is 0 Å². The van der Waals surface area contributed by atoms with E-state index >= 15 is 0 Å². The predicted molar refractivity (Wildman–Crippen MR) is 107 cm³/mol. The summed E-state index contributed by atoms with van der Waals surface area (Å²) >= 11 is 0. The van der Waals surface area contributed by atoms with E-state index in [-0.39, 0.29) is 27.3 Å². The second-order valence-electron chi connectivity index (χ2n) is 6.72. The molecule has 0 spiro atoms. The lowest BCUT2D eigenvalue weighted by Gasteiger charge is -2.23. The molecule has 3 aromatic rings. The van der Waals surface area contributed by atoms with Gasteiger partial charge in [0.25, 0.3) is 10.0 Å². The van der Waals surface area contributed by atoms with Crippen LogP contribution in [0.25, 0.3) is 11.0 Å². The van der Waals surface area contributed by atoms with Crippen molar-refractivity contribution in [2.45, 2.75) is 23.9 Å². The maximum Gasteiger partial charge on any atom is 0.408 e. The van der Waals surface area contributed by atoms with E-state index in [1.807, 2.05) is 0 Å². The number of aromatic nitrogens is 2. The highest BCUT2D eigenvalue weighted by Crippen LogP contribution is 2.35. The van der Waals surface area contributed by atoms with Gasteiger partial charge >= 0.3 is 11.8 Å². The van der Waals surface area contributed by atoms with Gasteiger partial charge < -0.3 is 10.4 Å². The normalized spacial score (nSPS) is 16.7. The molecule has 1 saturated heterocycles. The Balaban J connectivity index is 1.85. The van der Waals surface area contributed by atoms with E-state index in [4.69, 9.17) is 0 Å². The van der Waals surface area contributed by atoms with Crippen LogP contribution in [0.3, 0.4) is 0 Å². The third kappa shape index (κ3) is 3.20. The van der Waals surface area contributed by atoms with Crippen LogP contribution in [0.1, 0.15) is 12.8 Å². The summed E-state index contributed by atoms with van der Waals surface area (Å²) in [6.45, 7) is 0.304. The van der Waals surface area contributed by atoms with E-state index in [1.165, 1.54) is 24.4 Å². The lowest BCUT2D eigenvalue weighted by molar-refractivity contribution is -0.384. The molecule has 11 nitrogen and oxygen atoms in total. The quantitative estimate of drug-likeness (QED) is 0.463. The highest BCUT2D eigenvalue weighted by molar-refractivity contribution is 7.90. The summed E-state index contributed by atoms with van der Waals surface area (Å²) in [7, 11) is -3.97. The number of pyridine rings is 1. The minimum atomic E-state index is -3.97. The van der Waals surface area contributed by atoms with Crippen LogP contribution in [0.4, 0.5) is 16.2 Å². The Labute approximate surface area is 170 Å². The second-order valence-corrected chi connectivity index (χ2v) is 8.54. The number of rotatable bonds is 5. The Kier molecular flexibility index (Phi) is 4.78. The lowest BCUT2D eigenvalue weighted by Crippen LogP contribution is -2.39. The number of carbonyl (C=O) groups is 1. The number of likely N-dealkylation sites (tertiary alicyclic amines) is 1. The van der Waals surface area contributed by atoms with Crippen molar-refractivity contribution in [3.63, 3.8) is 0 Å². The molecule has 1 aromatic carbocycles. The summed E-state index contributed by atoms with van der Waals surface area (Å²) in [5.41, 5.74) is -0.327. The minimum absolute atomic E-state index is 0.00632. The number of amides is 1. The molecule has 2 N–H and O–H groups in total. The molecule has 1 aliphatic rings. The monoisotopic (exact) mass is 431 g/mol. The molecule has 1 aliphatic heterocycles. The Morgan fingerprint density at radius 1 is 1.27 bits per heavy atom. The van der Waals surface area contributed by atoms with Crippen molar-refractivity contribution in [2.75, 3.05) is 11.9 Å². The van der Waals surface area contributed by atoms with Gasteiger partial charge in [-0.15, -0.1) is 0 Å². The first-order chi connectivity index (χ1) is 14.3. The first-order valence-corrected chi connectivity index (χ1v) is 10.5. The van der Waals surface area contributed by atoms with E-state index in [0.29, 0.717) is 19.4 Å². The third-order valence-electron chi connectivity index (χ3n) is 4.97. The van der Waals surface area contributed by atoms with Gasteiger partial charge in [-0.3, -0.25) is 15.0 Å². The highest BCUT2D eigenvalue weighted by Gasteiger charge is 2.32. The van der Waals surface area contributed by atoms with Crippen LogP contribution in [0.2, 0.25) is 0 Å². The summed E-state index contributed by atoms with van der Waals surface area (Å²) in [6.07, 6.45) is 1.52. The molecule has 2 aromatic heterocycles. The number of fused-ring (bicyclic) bond motifs is 1. The molecule has 30 heavy (non-hydrogen) atoms. The fourth-order valence-electron chi connectivity index (χ4n) is 3.55. The summed E-state index contributed by atoms with van der Waals surface area (Å²) < 4.78 is 27.0. The first kappa shape index (κ1) is 19.6. The van der Waals surface area contributed by atoms with Crippen LogP contribution in [0.15, 0.2) is 53.7 Å². The number of benzene rings is 1. The van der Waals surface area contributed by atoms with Gasteiger partial charge in [0.1, 0.15) is 18.1 Å². The molecule has 0 bridgehead atoms. The number of carboxylic acid groups (broad SMARTS) is 1. The van der Waals surface area contributed by atoms with E-state index in [1.54, 1.807) is 18.2 Å². The van der Waals surface area contributed by atoms with Crippen molar-refractivity contribution in [3.8, 4) is 0 Å². The standard InChI is InChI=1S/C18H17N5O6S/c24-18(25)21-9-4-7-15(21)20-16-13-8-10-22(17(13)19-11-14(16)23(26)27)30(28,29)12-5-2-1-3-6-12/h1-3,5-6,8,10-11,15H,4,7,9H2,(H,19,20)(H,24,25). The van der Waals surface area contributed by atoms with Gasteiger partial charge in [0, 0.05) is 12.7 Å². The summed E-state index contributed by atoms with van der Waals surface area (Å²) in [5, 5.41) is 24.0. The average molecular weight is 431 g/mol. The first-order valence-electron chi connectivity index (χ1n) is 9.02. The zero-order valence-electron chi connectivity index (χ0n) is 15.5. The van der Waals surface area contributed by atoms with Crippen LogP contribution >= 0.6 is 0 Å². The van der Waals surface area contributed by atoms with Crippen molar-refractivity contribution < 1.29 is 23.2 Å². The van der Waals surface area contributed by atoms with Crippen LogP contribution in [0.5, 0.6) is 0 Å². The lowest BCUT2D eigenvalue weighted by atomic mass is 10.2. The Hall–Kier alpha value is -3.67. The van der Waals surface area contributed by atoms with Crippen molar-refractivity contribution in [3.05, 3.63) is 58.9 Å². The van der Waals surface area contributed by atoms with Crippen LogP contribution < -0.4 is 5.32 Å². The van der Waals surface area contributed by atoms with E-state index in [0.717, 1.165) is 15.1 Å². The molecular weight excluding hydrogens is 414 g/mol. The van der Waals surface area contributed by atoms with Gasteiger partial charge in [0.2, 0.25) is 0 Å². The average Bonchev–Trinajstić information content (AvgIpc) is 3.36. The van der Waals surface area contributed by atoms with Gasteiger partial charge in [-0.1, -0.05) is 18.2 Å². The van der Waals surface area contributed by atoms with Crippen molar-refractivity contribution in [2.24, 2.45) is 0 Å². The van der Waals surface area contributed by atoms with Gasteiger partial charge in [0.15, 0.2) is 5.65 Å². The molecule has 4 rings (SSSR count). The summed E-state index contributed by atoms with van der Waals surface area (Å²) in [5.74, 6) is 0. The number of hydrogen-bond acceptors (Lipinski definition) is 7. The molecule has 0 radical (unpaired) electrons. The smallest absolute Gasteiger partial charge is 0.408 e. The molecule has 1 fully saturated rings. The predicted octanol–water partition coefficient (Wildman–Crippen LogP) is 2.69. The molecule has 0 aliphatic carbocycles. The van der Waals surface area contributed by atoms with E-state index in [9.17, 15) is 28.4 Å². The number of nitrogens with one attached hydrogen (secondary N) is 1. The molecule has 12 heteroatoms. The fourth-order valence-corrected chi connectivity index (χ4v) is 4.88. The SMILES string of the molecule is O=C(O)N1CCCC1Nc1c([N+](=O)[O-])cnc2c1ccn2S(=O)(=O)c1ccccc1. The van der Waals surface area contributed by atoms with Crippen LogP contribution in [-0.4, -0.2) is 51.1 Å². The van der Waals surface area contributed by atoms with Gasteiger partial charge in [-0.25, -0.2) is 22.2 Å². The van der Waals surface area contributed by atoms with Crippen molar-refractivity contribution >= 4 is 38.5 Å². The van der Waals surface area contributed by atoms with E-state index < -0.39 is 27.2 Å². The Morgan fingerprint density at radius 3 is 2.67 bits per heavy atom. The minimum Gasteiger partial charge on any atom is -0.465 e. The number of nitrogens with zero attached hydrogens (tertiary/aromatic N) is 4. The maximum atomic E-state index is 13.0. The molecule has 156 valence electrons. The largest absolute Gasteiger partial charge is 0.465 e. The second kappa shape index (κ2) is 7.30. The third-order valence-corrected chi connectivity index (χ3v) is 6.65. The fraction of sp³-hybridized carbons (Fsp3) is 0.222. The van der Waals surface area contributed by atoms with Crippen LogP contribution in [0, 0.1) is 10.1 Å². The molecule has 0 saturated carbocycles. The van der Waals surface area contributed by atoms with Crippen LogP contribution in [-0.2, 0) is 10.0 Å². The Morgan fingerprint density at radius 2 is 2.00 bits per heavy atom. The van der Waals surface area contributed by atoms with Gasteiger partial charge in [0.05, 0.1) is 15.2 Å². The van der Waals surface area contributed by atoms with Gasteiger partial charge in [-0.05, 0) is 31.0 Å². The van der Waals surface area contributed by atoms with Crippen molar-refractivity contribution in [1.29, 1.82) is 0 Å². The Bertz CT molecular complexity index is 1240. The number of nitro groups is 1. The van der Waals surface area contributed by atoms with Crippen molar-refractivity contribution in [1.82, 2.24) is 13.9 Å². The van der Waals surface area contributed by atoms with E-state index in [2.05, 4.69) is 10.3 Å². The molecule has 3 heterocycles. The topological polar surface area (TPSA) is 148 Å². The molecule has 1 amide bonds. The molecule has 1 unspecified atom stereocenters. The number of hydrogen-bond donors (Lipinski definition) is 2. The molecular formula is C18H17N5O6S. The number of anilines is 1. The zero-order valence-corrected chi connectivity index (χ0v) is 16.3.